The highest BCUT2D eigenvalue weighted by molar-refractivity contribution is 5.59. The van der Waals surface area contributed by atoms with Crippen molar-refractivity contribution in [1.82, 2.24) is 0 Å². The second-order valence-electron chi connectivity index (χ2n) is 8.86. The molecule has 0 radical (unpaired) electrons. The van der Waals surface area contributed by atoms with Gasteiger partial charge in [0.2, 0.25) is 0 Å². The molecule has 0 amide bonds. The van der Waals surface area contributed by atoms with Crippen LogP contribution in [0.15, 0.2) is 24.3 Å². The van der Waals surface area contributed by atoms with Crippen LogP contribution in [0.25, 0.3) is 0 Å². The van der Waals surface area contributed by atoms with E-state index in [1.165, 1.54) is 38.5 Å². The van der Waals surface area contributed by atoms with Gasteiger partial charge in [-0.1, -0.05) is 38.2 Å². The van der Waals surface area contributed by atoms with E-state index in [1.807, 2.05) is 0 Å². The van der Waals surface area contributed by atoms with Crippen LogP contribution in [0.2, 0.25) is 0 Å². The molecule has 0 spiro atoms. The summed E-state index contributed by atoms with van der Waals surface area (Å²) in [5.41, 5.74) is 0.537. The molecule has 0 N–H and O–H groups in total. The summed E-state index contributed by atoms with van der Waals surface area (Å²) in [7, 11) is 0. The van der Waals surface area contributed by atoms with Crippen molar-refractivity contribution in [3.05, 3.63) is 24.3 Å². The maximum absolute atomic E-state index is 12.0. The standard InChI is InChI=1S/C21H30O3/c1-15(20-7-3-17(11-20)4-8-20)13-23-19(22)24-14-16(2)21-9-5-18(12-21)6-10-21/h3,5,7,9,15-18H,4,6,8,10-14H2,1-2H3. The largest absolute Gasteiger partial charge is 0.508 e. The van der Waals surface area contributed by atoms with E-state index in [9.17, 15) is 4.79 Å². The zero-order valence-electron chi connectivity index (χ0n) is 15.0. The Balaban J connectivity index is 1.21. The van der Waals surface area contributed by atoms with Gasteiger partial charge >= 0.3 is 6.16 Å². The average Bonchev–Trinajstić information content (AvgIpc) is 3.37. The van der Waals surface area contributed by atoms with E-state index in [4.69, 9.17) is 9.47 Å². The van der Waals surface area contributed by atoms with E-state index in [2.05, 4.69) is 38.2 Å². The maximum Gasteiger partial charge on any atom is 0.508 e. The van der Waals surface area contributed by atoms with Crippen molar-refractivity contribution < 1.29 is 14.3 Å². The summed E-state index contributed by atoms with van der Waals surface area (Å²) in [6, 6.07) is 0. The first-order valence-electron chi connectivity index (χ1n) is 9.70. The predicted molar refractivity (Wildman–Crippen MR) is 93.5 cm³/mol. The summed E-state index contributed by atoms with van der Waals surface area (Å²) in [4.78, 5) is 12.0. The van der Waals surface area contributed by atoms with Crippen LogP contribution >= 0.6 is 0 Å². The molecule has 132 valence electrons. The lowest BCUT2D eigenvalue weighted by atomic mass is 9.76. The van der Waals surface area contributed by atoms with Gasteiger partial charge in [-0.2, -0.15) is 0 Å². The first-order chi connectivity index (χ1) is 11.5. The minimum absolute atomic E-state index is 0.269. The Bertz CT molecular complexity index is 517. The van der Waals surface area contributed by atoms with Gasteiger partial charge in [-0.15, -0.1) is 0 Å². The van der Waals surface area contributed by atoms with Crippen LogP contribution in [0.1, 0.15) is 52.4 Å². The molecule has 2 fully saturated rings. The molecule has 24 heavy (non-hydrogen) atoms. The van der Waals surface area contributed by atoms with E-state index in [0.717, 1.165) is 11.8 Å². The second-order valence-corrected chi connectivity index (χ2v) is 8.86. The van der Waals surface area contributed by atoms with Crippen LogP contribution in [0.3, 0.4) is 0 Å². The normalized spacial score (nSPS) is 40.9. The lowest BCUT2D eigenvalue weighted by Gasteiger charge is -2.31. The van der Waals surface area contributed by atoms with Gasteiger partial charge in [0.1, 0.15) is 0 Å². The number of hydrogen-bond acceptors (Lipinski definition) is 3. The highest BCUT2D eigenvalue weighted by Crippen LogP contribution is 2.54. The molecule has 6 atom stereocenters. The van der Waals surface area contributed by atoms with E-state index in [0.29, 0.717) is 25.0 Å². The summed E-state index contributed by atoms with van der Waals surface area (Å²) in [6.45, 7) is 5.35. The van der Waals surface area contributed by atoms with Crippen molar-refractivity contribution >= 4 is 6.16 Å². The highest BCUT2D eigenvalue weighted by atomic mass is 16.7. The Hall–Kier alpha value is -1.25. The number of fused-ring (bicyclic) bond motifs is 4. The van der Waals surface area contributed by atoms with Crippen LogP contribution in [-0.4, -0.2) is 19.4 Å². The van der Waals surface area contributed by atoms with Gasteiger partial charge in [0.25, 0.3) is 0 Å². The number of carbonyl (C=O) groups is 1. The third-order valence-electron chi connectivity index (χ3n) is 7.51. The van der Waals surface area contributed by atoms with Gasteiger partial charge in [0.05, 0.1) is 13.2 Å². The summed E-state index contributed by atoms with van der Waals surface area (Å²) in [5, 5.41) is 0. The third kappa shape index (κ3) is 2.70. The lowest BCUT2D eigenvalue weighted by molar-refractivity contribution is 0.0152. The van der Waals surface area contributed by atoms with Crippen LogP contribution in [0.5, 0.6) is 0 Å². The Morgan fingerprint density at radius 2 is 1.42 bits per heavy atom. The summed E-state index contributed by atoms with van der Waals surface area (Å²) >= 11 is 0. The van der Waals surface area contributed by atoms with Gasteiger partial charge in [0, 0.05) is 0 Å². The number of allylic oxidation sites excluding steroid dienone is 4. The molecule has 0 saturated heterocycles. The molecule has 0 aromatic carbocycles. The van der Waals surface area contributed by atoms with Crippen molar-refractivity contribution in [3.8, 4) is 0 Å². The Morgan fingerprint density at radius 1 is 0.958 bits per heavy atom. The smallest absolute Gasteiger partial charge is 0.434 e. The number of rotatable bonds is 6. The van der Waals surface area contributed by atoms with Gasteiger partial charge in [-0.3, -0.25) is 0 Å². The molecule has 4 rings (SSSR count). The van der Waals surface area contributed by atoms with Crippen molar-refractivity contribution in [3.63, 3.8) is 0 Å². The van der Waals surface area contributed by atoms with Gasteiger partial charge < -0.3 is 9.47 Å². The van der Waals surface area contributed by atoms with Crippen LogP contribution in [-0.2, 0) is 9.47 Å². The van der Waals surface area contributed by atoms with Crippen molar-refractivity contribution in [1.29, 1.82) is 0 Å². The fraction of sp³-hybridized carbons (Fsp3) is 0.762. The molecule has 0 heterocycles. The molecular formula is C21H30O3. The number of hydrogen-bond donors (Lipinski definition) is 0. The first kappa shape index (κ1) is 16.2. The minimum Gasteiger partial charge on any atom is -0.434 e. The fourth-order valence-corrected chi connectivity index (χ4v) is 5.56. The van der Waals surface area contributed by atoms with Crippen LogP contribution in [0, 0.1) is 34.5 Å². The van der Waals surface area contributed by atoms with Crippen molar-refractivity contribution in [2.75, 3.05) is 13.2 Å². The summed E-state index contributed by atoms with van der Waals surface area (Å²) in [5.74, 6) is 2.26. The molecule has 0 aliphatic heterocycles. The third-order valence-corrected chi connectivity index (χ3v) is 7.51. The topological polar surface area (TPSA) is 35.5 Å². The van der Waals surface area contributed by atoms with Gasteiger partial charge in [-0.25, -0.2) is 4.79 Å². The second kappa shape index (κ2) is 5.93. The maximum atomic E-state index is 12.0. The van der Waals surface area contributed by atoms with E-state index in [1.54, 1.807) is 0 Å². The predicted octanol–water partition coefficient (Wildman–Crippen LogP) is 5.12. The minimum atomic E-state index is -0.491. The highest BCUT2D eigenvalue weighted by Gasteiger charge is 2.46. The Morgan fingerprint density at radius 3 is 1.71 bits per heavy atom. The van der Waals surface area contributed by atoms with E-state index < -0.39 is 6.16 Å². The fourth-order valence-electron chi connectivity index (χ4n) is 5.56. The summed E-state index contributed by atoms with van der Waals surface area (Å²) < 4.78 is 10.9. The number of carbonyl (C=O) groups excluding carboxylic acids is 1. The molecule has 0 aromatic rings. The summed E-state index contributed by atoms with van der Waals surface area (Å²) in [6.07, 6.45) is 16.5. The lowest BCUT2D eigenvalue weighted by Crippen LogP contribution is -2.29. The SMILES string of the molecule is CC(COC(=O)OCC(C)C12C=CC(CC1)C2)C12C=CC(CC1)C2. The molecule has 3 nitrogen and oxygen atoms in total. The molecule has 4 bridgehead atoms. The molecule has 0 aromatic heterocycles. The Labute approximate surface area is 145 Å². The first-order valence-corrected chi connectivity index (χ1v) is 9.70. The van der Waals surface area contributed by atoms with Crippen LogP contribution in [0.4, 0.5) is 4.79 Å². The molecule has 2 saturated carbocycles. The van der Waals surface area contributed by atoms with Crippen molar-refractivity contribution in [2.45, 2.75) is 52.4 Å². The Kier molecular flexibility index (Phi) is 4.01. The number of ether oxygens (including phenoxy) is 2. The van der Waals surface area contributed by atoms with E-state index >= 15 is 0 Å². The van der Waals surface area contributed by atoms with E-state index in [-0.39, 0.29) is 10.8 Å². The average molecular weight is 330 g/mol. The quantitative estimate of drug-likeness (QED) is 0.500. The monoisotopic (exact) mass is 330 g/mol. The van der Waals surface area contributed by atoms with Gasteiger partial charge in [-0.05, 0) is 73.0 Å². The zero-order chi connectivity index (χ0) is 16.8. The zero-order valence-corrected chi connectivity index (χ0v) is 15.0. The van der Waals surface area contributed by atoms with Crippen LogP contribution < -0.4 is 0 Å². The van der Waals surface area contributed by atoms with Gasteiger partial charge in [0.15, 0.2) is 0 Å². The molecule has 4 aliphatic carbocycles. The molecular weight excluding hydrogens is 300 g/mol. The van der Waals surface area contributed by atoms with Crippen molar-refractivity contribution in [2.24, 2.45) is 34.5 Å². The molecule has 3 heteroatoms. The molecule has 6 unspecified atom stereocenters. The molecule has 4 aliphatic rings.